The first-order valence-electron chi connectivity index (χ1n) is 7.27. The van der Waals surface area contributed by atoms with Gasteiger partial charge >= 0.3 is 0 Å². The quantitative estimate of drug-likeness (QED) is 0.903. The van der Waals surface area contributed by atoms with Crippen LogP contribution in [-0.4, -0.2) is 49.5 Å². The van der Waals surface area contributed by atoms with Crippen molar-refractivity contribution in [2.24, 2.45) is 0 Å². The van der Waals surface area contributed by atoms with Crippen molar-refractivity contribution in [3.63, 3.8) is 0 Å². The monoisotopic (exact) mass is 276 g/mol. The number of nitrogens with zero attached hydrogens (tertiary/aromatic N) is 3. The highest BCUT2D eigenvalue weighted by atomic mass is 16.2. The van der Waals surface area contributed by atoms with E-state index >= 15 is 0 Å². The average Bonchev–Trinajstić information content (AvgIpc) is 2.63. The molecule has 1 N–H and O–H groups in total. The molecule has 1 saturated heterocycles. The molecule has 0 radical (unpaired) electrons. The van der Waals surface area contributed by atoms with Crippen molar-refractivity contribution >= 4 is 11.6 Å². The summed E-state index contributed by atoms with van der Waals surface area (Å²) >= 11 is 0. The van der Waals surface area contributed by atoms with Gasteiger partial charge in [0.15, 0.2) is 0 Å². The molecule has 5 heteroatoms. The lowest BCUT2D eigenvalue weighted by Gasteiger charge is -2.22. The lowest BCUT2D eigenvalue weighted by atomic mass is 10.1. The summed E-state index contributed by atoms with van der Waals surface area (Å²) in [5, 5.41) is 3.25. The number of hydrogen-bond donors (Lipinski definition) is 1. The van der Waals surface area contributed by atoms with Gasteiger partial charge in [-0.1, -0.05) is 6.92 Å². The first-order chi connectivity index (χ1) is 9.65. The molecular formula is C15H24N4O. The molecule has 20 heavy (non-hydrogen) atoms. The highest BCUT2D eigenvalue weighted by Crippen LogP contribution is 2.19. The normalized spacial score (nSPS) is 18.1. The molecule has 0 saturated carbocycles. The molecule has 0 spiro atoms. The van der Waals surface area contributed by atoms with E-state index in [2.05, 4.69) is 34.3 Å². The highest BCUT2D eigenvalue weighted by molar-refractivity contribution is 5.81. The molecule has 1 amide bonds. The third kappa shape index (κ3) is 3.28. The van der Waals surface area contributed by atoms with Crippen LogP contribution >= 0.6 is 0 Å². The predicted octanol–water partition coefficient (Wildman–Crippen LogP) is 1.42. The molecule has 1 atom stereocenters. The van der Waals surface area contributed by atoms with E-state index in [4.69, 9.17) is 0 Å². The van der Waals surface area contributed by atoms with Crippen molar-refractivity contribution < 1.29 is 4.79 Å². The van der Waals surface area contributed by atoms with Crippen molar-refractivity contribution in [3.8, 4) is 0 Å². The molecule has 1 unspecified atom stereocenters. The zero-order valence-corrected chi connectivity index (χ0v) is 12.6. The second-order valence-corrected chi connectivity index (χ2v) is 5.28. The van der Waals surface area contributed by atoms with Crippen LogP contribution in [0.3, 0.4) is 0 Å². The van der Waals surface area contributed by atoms with Gasteiger partial charge in [-0.2, -0.15) is 0 Å². The molecule has 1 aliphatic rings. The van der Waals surface area contributed by atoms with Gasteiger partial charge < -0.3 is 15.1 Å². The number of pyridine rings is 1. The van der Waals surface area contributed by atoms with Crippen LogP contribution in [0, 0.1) is 0 Å². The van der Waals surface area contributed by atoms with Gasteiger partial charge in [-0.25, -0.2) is 0 Å². The molecular weight excluding hydrogens is 252 g/mol. The SMILES string of the molecule is CCC(NC)c1ccc(N2CCCN(C)C(=O)C2)cn1. The Hall–Kier alpha value is -1.62. The van der Waals surface area contributed by atoms with Crippen LogP contribution in [0.2, 0.25) is 0 Å². The minimum atomic E-state index is 0.174. The van der Waals surface area contributed by atoms with Crippen molar-refractivity contribution in [1.29, 1.82) is 0 Å². The number of likely N-dealkylation sites (N-methyl/N-ethyl adjacent to an activating group) is 1. The van der Waals surface area contributed by atoms with E-state index in [1.165, 1.54) is 0 Å². The maximum absolute atomic E-state index is 11.9. The number of hydrogen-bond acceptors (Lipinski definition) is 4. The van der Waals surface area contributed by atoms with Crippen LogP contribution < -0.4 is 10.2 Å². The van der Waals surface area contributed by atoms with Gasteiger partial charge in [0.25, 0.3) is 0 Å². The van der Waals surface area contributed by atoms with Gasteiger partial charge in [0, 0.05) is 26.2 Å². The second kappa shape index (κ2) is 6.70. The van der Waals surface area contributed by atoms with Gasteiger partial charge in [0.1, 0.15) is 0 Å². The standard InChI is InChI=1S/C15H24N4O/c1-4-13(16-2)14-7-6-12(10-17-14)19-9-5-8-18(3)15(20)11-19/h6-7,10,13,16H,4-5,8-9,11H2,1-3H3. The summed E-state index contributed by atoms with van der Waals surface area (Å²) in [6, 6.07) is 4.42. The summed E-state index contributed by atoms with van der Waals surface area (Å²) in [4.78, 5) is 20.4. The lowest BCUT2D eigenvalue weighted by Crippen LogP contribution is -2.34. The van der Waals surface area contributed by atoms with Gasteiger partial charge in [0.05, 0.1) is 24.1 Å². The van der Waals surface area contributed by atoms with Gasteiger partial charge in [-0.3, -0.25) is 9.78 Å². The Bertz CT molecular complexity index is 442. The minimum Gasteiger partial charge on any atom is -0.361 e. The summed E-state index contributed by atoms with van der Waals surface area (Å²) in [5.74, 6) is 0.174. The fourth-order valence-electron chi connectivity index (χ4n) is 2.56. The third-order valence-corrected chi connectivity index (χ3v) is 3.92. The number of carbonyl (C=O) groups excluding carboxylic acids is 1. The smallest absolute Gasteiger partial charge is 0.241 e. The molecule has 1 fully saturated rings. The number of carbonyl (C=O) groups is 1. The van der Waals surface area contributed by atoms with E-state index in [-0.39, 0.29) is 5.91 Å². The van der Waals surface area contributed by atoms with E-state index in [1.807, 2.05) is 20.3 Å². The van der Waals surface area contributed by atoms with Crippen molar-refractivity contribution in [3.05, 3.63) is 24.0 Å². The zero-order chi connectivity index (χ0) is 14.5. The number of aromatic nitrogens is 1. The Balaban J connectivity index is 2.11. The van der Waals surface area contributed by atoms with Gasteiger partial charge in [-0.05, 0) is 32.0 Å². The Labute approximate surface area is 121 Å². The molecule has 2 heterocycles. The van der Waals surface area contributed by atoms with E-state index < -0.39 is 0 Å². The van der Waals surface area contributed by atoms with E-state index in [1.54, 1.807) is 4.90 Å². The number of rotatable bonds is 4. The minimum absolute atomic E-state index is 0.174. The summed E-state index contributed by atoms with van der Waals surface area (Å²) in [5.41, 5.74) is 2.08. The maximum atomic E-state index is 11.9. The van der Waals surface area contributed by atoms with Crippen molar-refractivity contribution in [1.82, 2.24) is 15.2 Å². The molecule has 110 valence electrons. The summed E-state index contributed by atoms with van der Waals surface area (Å²) in [6.07, 6.45) is 3.89. The Morgan fingerprint density at radius 2 is 2.20 bits per heavy atom. The Morgan fingerprint density at radius 1 is 1.40 bits per heavy atom. The lowest BCUT2D eigenvalue weighted by molar-refractivity contribution is -0.127. The van der Waals surface area contributed by atoms with Gasteiger partial charge in [0.2, 0.25) is 5.91 Å². The number of nitrogens with one attached hydrogen (secondary N) is 1. The molecule has 2 rings (SSSR count). The van der Waals surface area contributed by atoms with E-state index in [0.717, 1.165) is 37.3 Å². The van der Waals surface area contributed by atoms with E-state index in [0.29, 0.717) is 12.6 Å². The first kappa shape index (κ1) is 14.8. The topological polar surface area (TPSA) is 48.5 Å². The molecule has 1 aromatic heterocycles. The van der Waals surface area contributed by atoms with Gasteiger partial charge in [-0.15, -0.1) is 0 Å². The van der Waals surface area contributed by atoms with Crippen LogP contribution in [0.1, 0.15) is 31.5 Å². The molecule has 0 aromatic carbocycles. The third-order valence-electron chi connectivity index (χ3n) is 3.92. The van der Waals surface area contributed by atoms with Crippen LogP contribution in [0.4, 0.5) is 5.69 Å². The van der Waals surface area contributed by atoms with Crippen LogP contribution in [0.5, 0.6) is 0 Å². The number of anilines is 1. The molecule has 1 aromatic rings. The largest absolute Gasteiger partial charge is 0.361 e. The summed E-state index contributed by atoms with van der Waals surface area (Å²) < 4.78 is 0. The predicted molar refractivity (Wildman–Crippen MR) is 80.8 cm³/mol. The summed E-state index contributed by atoms with van der Waals surface area (Å²) in [7, 11) is 3.82. The Kier molecular flexibility index (Phi) is 4.95. The summed E-state index contributed by atoms with van der Waals surface area (Å²) in [6.45, 7) is 4.32. The van der Waals surface area contributed by atoms with Crippen LogP contribution in [-0.2, 0) is 4.79 Å². The molecule has 0 bridgehead atoms. The van der Waals surface area contributed by atoms with Crippen LogP contribution in [0.15, 0.2) is 18.3 Å². The number of amides is 1. The van der Waals surface area contributed by atoms with Crippen LogP contribution in [0.25, 0.3) is 0 Å². The average molecular weight is 276 g/mol. The fourth-order valence-corrected chi connectivity index (χ4v) is 2.56. The zero-order valence-electron chi connectivity index (χ0n) is 12.6. The molecule has 0 aliphatic carbocycles. The first-order valence-corrected chi connectivity index (χ1v) is 7.27. The van der Waals surface area contributed by atoms with Crippen molar-refractivity contribution in [2.75, 3.05) is 38.6 Å². The van der Waals surface area contributed by atoms with Crippen molar-refractivity contribution in [2.45, 2.75) is 25.8 Å². The fraction of sp³-hybridized carbons (Fsp3) is 0.600. The molecule has 5 nitrogen and oxygen atoms in total. The highest BCUT2D eigenvalue weighted by Gasteiger charge is 2.19. The van der Waals surface area contributed by atoms with E-state index in [9.17, 15) is 4.79 Å². The molecule has 1 aliphatic heterocycles. The second-order valence-electron chi connectivity index (χ2n) is 5.28. The Morgan fingerprint density at radius 3 is 2.80 bits per heavy atom. The maximum Gasteiger partial charge on any atom is 0.241 e.